The van der Waals surface area contributed by atoms with Gasteiger partial charge in [0.05, 0.1) is 88.7 Å². The molecule has 0 amide bonds. The van der Waals surface area contributed by atoms with Gasteiger partial charge in [-0.15, -0.1) is 23.2 Å². The number of hydrogen-bond donors (Lipinski definition) is 0. The molecule has 0 saturated carbocycles. The summed E-state index contributed by atoms with van der Waals surface area (Å²) in [5.74, 6) is -0.0123. The maximum Gasteiger partial charge on any atom is 0.343 e. The number of hydrogen-bond acceptors (Lipinski definition) is 20. The van der Waals surface area contributed by atoms with Gasteiger partial charge in [-0.3, -0.25) is 19.2 Å². The van der Waals surface area contributed by atoms with E-state index >= 15 is 0 Å². The van der Waals surface area contributed by atoms with Crippen molar-refractivity contribution in [2.24, 2.45) is 11.8 Å². The van der Waals surface area contributed by atoms with E-state index < -0.39 is 35.7 Å². The van der Waals surface area contributed by atoms with Gasteiger partial charge >= 0.3 is 35.8 Å². The molecule has 20 nitrogen and oxygen atoms in total. The van der Waals surface area contributed by atoms with E-state index in [9.17, 15) is 28.8 Å². The zero-order valence-corrected chi connectivity index (χ0v) is 52.0. The third kappa shape index (κ3) is 26.8. The number of esters is 6. The zero-order valence-electron chi connectivity index (χ0n) is 50.5. The number of halogens is 2. The number of rotatable bonds is 43. The first-order chi connectivity index (χ1) is 43.9. The highest BCUT2D eigenvalue weighted by atomic mass is 35.5. The van der Waals surface area contributed by atoms with Gasteiger partial charge in [-0.2, -0.15) is 0 Å². The van der Waals surface area contributed by atoms with Crippen LogP contribution in [0.4, 0.5) is 0 Å². The van der Waals surface area contributed by atoms with Gasteiger partial charge < -0.3 is 66.3 Å². The van der Waals surface area contributed by atoms with Crippen molar-refractivity contribution >= 4 is 59.0 Å². The van der Waals surface area contributed by atoms with Gasteiger partial charge in [-0.25, -0.2) is 9.59 Å². The molecule has 0 fully saturated rings. The molecule has 0 spiro atoms. The van der Waals surface area contributed by atoms with Crippen molar-refractivity contribution < 1.29 is 95.1 Å². The maximum absolute atomic E-state index is 12.8. The minimum atomic E-state index is -0.531. The molecule has 0 bridgehead atoms. The van der Waals surface area contributed by atoms with Crippen LogP contribution in [0.3, 0.4) is 0 Å². The summed E-state index contributed by atoms with van der Waals surface area (Å²) in [5, 5.41) is 0. The Balaban J connectivity index is 0.714. The molecule has 0 aliphatic carbocycles. The number of alkyl halides is 2. The summed E-state index contributed by atoms with van der Waals surface area (Å²) >= 11 is 11.1. The van der Waals surface area contributed by atoms with E-state index in [4.69, 9.17) is 89.5 Å². The molecule has 0 aliphatic rings. The Morgan fingerprint density at radius 2 is 0.622 bits per heavy atom. The van der Waals surface area contributed by atoms with Crippen molar-refractivity contribution in [3.8, 4) is 56.8 Å². The summed E-state index contributed by atoms with van der Waals surface area (Å²) in [5.41, 5.74) is 4.43. The van der Waals surface area contributed by atoms with Crippen molar-refractivity contribution in [3.05, 3.63) is 157 Å². The third-order valence-electron chi connectivity index (χ3n) is 13.1. The number of benzene rings is 6. The molecule has 2 unspecified atom stereocenters. The molecule has 0 heterocycles. The lowest BCUT2D eigenvalue weighted by atomic mass is 9.94. The van der Waals surface area contributed by atoms with Crippen LogP contribution in [-0.4, -0.2) is 153 Å². The van der Waals surface area contributed by atoms with Crippen molar-refractivity contribution in [2.45, 2.75) is 39.5 Å². The topological polar surface area (TPSA) is 232 Å². The van der Waals surface area contributed by atoms with Gasteiger partial charge in [0.1, 0.15) is 87.4 Å². The van der Waals surface area contributed by atoms with Gasteiger partial charge in [0, 0.05) is 11.8 Å². The van der Waals surface area contributed by atoms with Crippen molar-refractivity contribution in [1.29, 1.82) is 0 Å². The second-order valence-electron chi connectivity index (χ2n) is 19.7. The van der Waals surface area contributed by atoms with E-state index in [0.717, 1.165) is 22.3 Å². The van der Waals surface area contributed by atoms with Crippen LogP contribution in [-0.2, 0) is 57.1 Å². The summed E-state index contributed by atoms with van der Waals surface area (Å²) in [6, 6.07) is 42.4. The summed E-state index contributed by atoms with van der Waals surface area (Å²) in [6.45, 7) is 7.05. The van der Waals surface area contributed by atoms with Gasteiger partial charge in [-0.05, 0) is 132 Å². The summed E-state index contributed by atoms with van der Waals surface area (Å²) in [7, 11) is 0. The van der Waals surface area contributed by atoms with E-state index in [0.29, 0.717) is 78.5 Å². The number of carbonyl (C=O) groups excluding carboxylic acids is 6. The molecule has 0 aromatic heterocycles. The van der Waals surface area contributed by atoms with Gasteiger partial charge in [0.2, 0.25) is 0 Å². The van der Waals surface area contributed by atoms with Gasteiger partial charge in [0.25, 0.3) is 0 Å². The Morgan fingerprint density at radius 1 is 0.344 bits per heavy atom. The first kappa shape index (κ1) is 70.8. The van der Waals surface area contributed by atoms with Crippen LogP contribution in [0, 0.1) is 11.8 Å². The predicted octanol–water partition coefficient (Wildman–Crippen LogP) is 11.2. The quantitative estimate of drug-likeness (QED) is 0.0114. The second-order valence-corrected chi connectivity index (χ2v) is 20.4. The number of carbonyl (C=O) groups is 6. The zero-order chi connectivity index (χ0) is 64.0. The molecule has 6 aromatic carbocycles. The molecule has 90 heavy (non-hydrogen) atoms. The van der Waals surface area contributed by atoms with Crippen molar-refractivity contribution in [2.75, 3.05) is 117 Å². The first-order valence-electron chi connectivity index (χ1n) is 29.5. The average molecular weight is 1280 g/mol. The Bertz CT molecular complexity index is 3070. The molecule has 6 aromatic rings. The fourth-order valence-corrected chi connectivity index (χ4v) is 8.56. The van der Waals surface area contributed by atoms with E-state index in [1.54, 1.807) is 79.7 Å². The summed E-state index contributed by atoms with van der Waals surface area (Å²) in [4.78, 5) is 73.9. The highest BCUT2D eigenvalue weighted by Gasteiger charge is 2.25. The highest BCUT2D eigenvalue weighted by Crippen LogP contribution is 2.28. The fourth-order valence-electron chi connectivity index (χ4n) is 8.25. The predicted molar refractivity (Wildman–Crippen MR) is 334 cm³/mol. The molecule has 6 rings (SSSR count). The van der Waals surface area contributed by atoms with Crippen LogP contribution in [0.15, 0.2) is 146 Å². The van der Waals surface area contributed by atoms with Crippen molar-refractivity contribution in [1.82, 2.24) is 0 Å². The van der Waals surface area contributed by atoms with Crippen molar-refractivity contribution in [3.63, 3.8) is 0 Å². The standard InChI is InChI=1S/C68H76Cl2O20/c1-3-50(66(74)88-43-39-80-35-33-78-37-41-82-60-22-14-56(15-23-60)68(76)90-62-26-10-54(11-27-62)52-6-18-58(19-7-52)84-45-47-86-64(72)29-31-70)48-49(2)65(73)87-42-38-79-34-32-77-36-40-81-59-20-12-55(13-21-59)67(75)89-61-24-8-53(9-25-61)51-4-16-57(17-5-51)83-44-46-85-63(71)28-30-69/h4-27,49-50H,3,28-48H2,1-2H3. The largest absolute Gasteiger partial charge is 0.491 e. The summed E-state index contributed by atoms with van der Waals surface area (Å²) < 4.78 is 77.0. The molecule has 0 radical (unpaired) electrons. The van der Waals surface area contributed by atoms with Crippen LogP contribution < -0.4 is 28.4 Å². The lowest BCUT2D eigenvalue weighted by Gasteiger charge is -2.18. The molecular weight excluding hydrogens is 1210 g/mol. The highest BCUT2D eigenvalue weighted by molar-refractivity contribution is 6.19. The monoisotopic (exact) mass is 1280 g/mol. The van der Waals surface area contributed by atoms with Gasteiger partial charge in [-0.1, -0.05) is 62.4 Å². The maximum atomic E-state index is 12.8. The van der Waals surface area contributed by atoms with E-state index in [2.05, 4.69) is 0 Å². The minimum absolute atomic E-state index is 0.0514. The minimum Gasteiger partial charge on any atom is -0.491 e. The SMILES string of the molecule is CCC(CC(C)C(=O)OCCOCCOCCOc1ccc(C(=O)Oc2ccc(-c3ccc(OCCOC(=O)CCCl)cc3)cc2)cc1)C(=O)OCCOCCOCCOc1ccc(C(=O)Oc2ccc(-c3ccc(OCCOC(=O)CCCl)cc3)cc2)cc1. The average Bonchev–Trinajstić information content (AvgIpc) is 3.47. The second kappa shape index (κ2) is 41.1. The third-order valence-corrected chi connectivity index (χ3v) is 13.4. The molecule has 0 saturated heterocycles. The summed E-state index contributed by atoms with van der Waals surface area (Å²) in [6.07, 6.45) is 1.08. The Kier molecular flexibility index (Phi) is 32.4. The van der Waals surface area contributed by atoms with Crippen LogP contribution in [0.5, 0.6) is 34.5 Å². The lowest BCUT2D eigenvalue weighted by Crippen LogP contribution is -2.26. The molecular formula is C68H76Cl2O20. The lowest BCUT2D eigenvalue weighted by molar-refractivity contribution is -0.154. The first-order valence-corrected chi connectivity index (χ1v) is 30.6. The Morgan fingerprint density at radius 3 is 0.956 bits per heavy atom. The number of ether oxygens (including phenoxy) is 14. The molecule has 2 atom stereocenters. The molecule has 22 heteroatoms. The Hall–Kier alpha value is -8.24. The molecule has 482 valence electrons. The van der Waals surface area contributed by atoms with Crippen LogP contribution in [0.1, 0.15) is 60.2 Å². The van der Waals surface area contributed by atoms with Gasteiger partial charge in [0.15, 0.2) is 0 Å². The van der Waals surface area contributed by atoms with Crippen LogP contribution >= 0.6 is 23.2 Å². The normalized spacial score (nSPS) is 11.6. The van der Waals surface area contributed by atoms with E-state index in [-0.39, 0.29) is 122 Å². The van der Waals surface area contributed by atoms with Crippen LogP contribution in [0.2, 0.25) is 0 Å². The smallest absolute Gasteiger partial charge is 0.343 e. The van der Waals surface area contributed by atoms with E-state index in [1.165, 1.54) is 0 Å². The fraction of sp³-hybridized carbons (Fsp3) is 0.382. The molecule has 0 aliphatic heterocycles. The Labute approximate surface area is 534 Å². The molecule has 0 N–H and O–H groups in total. The van der Waals surface area contributed by atoms with Crippen LogP contribution in [0.25, 0.3) is 22.3 Å². The van der Waals surface area contributed by atoms with E-state index in [1.807, 2.05) is 79.7 Å².